The second-order valence-corrected chi connectivity index (χ2v) is 5.71. The second kappa shape index (κ2) is 4.47. The average molecular weight is 270 g/mol. The van der Waals surface area contributed by atoms with Gasteiger partial charge < -0.3 is 0 Å². The lowest BCUT2D eigenvalue weighted by Gasteiger charge is -2.01. The van der Waals surface area contributed by atoms with Crippen molar-refractivity contribution in [2.75, 3.05) is 12.0 Å². The Morgan fingerprint density at radius 2 is 2.06 bits per heavy atom. The summed E-state index contributed by atoms with van der Waals surface area (Å²) in [5.41, 5.74) is -0.606. The van der Waals surface area contributed by atoms with Crippen LogP contribution in [0.5, 0.6) is 0 Å². The summed E-state index contributed by atoms with van der Waals surface area (Å²) in [6.07, 6.45) is -2.32. The van der Waals surface area contributed by atoms with E-state index in [0.717, 1.165) is 23.3 Å². The number of aromatic nitrogens is 2. The Morgan fingerprint density at radius 3 is 2.53 bits per heavy atom. The fraction of sp³-hybridized carbons (Fsp3) is 0.500. The van der Waals surface area contributed by atoms with Gasteiger partial charge >= 0.3 is 6.18 Å². The van der Waals surface area contributed by atoms with Gasteiger partial charge in [-0.1, -0.05) is 0 Å². The number of Topliss-reactive ketones (excluding diaryl/α,β-unsaturated/α-hetero) is 1. The third kappa shape index (κ3) is 4.17. The number of ketones is 1. The number of hydrogen-bond donors (Lipinski definition) is 0. The van der Waals surface area contributed by atoms with E-state index in [9.17, 15) is 26.4 Å². The summed E-state index contributed by atoms with van der Waals surface area (Å²) < 4.78 is 58.7. The summed E-state index contributed by atoms with van der Waals surface area (Å²) >= 11 is 0. The number of sulfone groups is 1. The number of carbonyl (C=O) groups is 1. The first-order valence-corrected chi connectivity index (χ1v) is 6.47. The van der Waals surface area contributed by atoms with Crippen molar-refractivity contribution in [3.8, 4) is 0 Å². The largest absolute Gasteiger partial charge is 0.454 e. The maximum atomic E-state index is 12.0. The molecule has 0 unspecified atom stereocenters. The molecule has 0 aromatic carbocycles. The molecular formula is C8H9F3N2O3S. The van der Waals surface area contributed by atoms with Crippen LogP contribution in [0.15, 0.2) is 12.4 Å². The van der Waals surface area contributed by atoms with Crippen LogP contribution < -0.4 is 0 Å². The van der Waals surface area contributed by atoms with Gasteiger partial charge in [0, 0.05) is 12.5 Å². The topological polar surface area (TPSA) is 69.0 Å². The summed E-state index contributed by atoms with van der Waals surface area (Å²) in [4.78, 5) is 10.8. The number of aryl methyl sites for hydroxylation is 1. The van der Waals surface area contributed by atoms with Crippen molar-refractivity contribution >= 4 is 15.6 Å². The molecule has 0 atom stereocenters. The van der Waals surface area contributed by atoms with Crippen molar-refractivity contribution in [2.24, 2.45) is 0 Å². The van der Waals surface area contributed by atoms with Crippen LogP contribution >= 0.6 is 0 Å². The molecule has 1 aromatic heterocycles. The van der Waals surface area contributed by atoms with Crippen LogP contribution in [0.4, 0.5) is 13.2 Å². The Morgan fingerprint density at radius 1 is 1.47 bits per heavy atom. The molecule has 0 radical (unpaired) electrons. The highest BCUT2D eigenvalue weighted by molar-refractivity contribution is 7.90. The normalized spacial score (nSPS) is 12.7. The number of alkyl halides is 3. The van der Waals surface area contributed by atoms with Gasteiger partial charge in [-0.25, -0.2) is 8.42 Å². The zero-order valence-electron chi connectivity index (χ0n) is 8.73. The predicted octanol–water partition coefficient (Wildman–Crippen LogP) is 0.673. The lowest BCUT2D eigenvalue weighted by atomic mass is 10.2. The number of carbonyl (C=O) groups excluding carboxylic acids is 1. The fourth-order valence-electron chi connectivity index (χ4n) is 1.03. The quantitative estimate of drug-likeness (QED) is 0.754. The minimum absolute atomic E-state index is 0.0933. The number of hydrogen-bond acceptors (Lipinski definition) is 4. The molecule has 0 aliphatic heterocycles. The Hall–Kier alpha value is -1.38. The molecule has 0 saturated heterocycles. The van der Waals surface area contributed by atoms with Gasteiger partial charge in [-0.2, -0.15) is 18.3 Å². The Balaban J connectivity index is 2.76. The molecule has 0 aliphatic carbocycles. The summed E-state index contributed by atoms with van der Waals surface area (Å²) in [6, 6.07) is 0. The van der Waals surface area contributed by atoms with E-state index in [-0.39, 0.29) is 12.3 Å². The van der Waals surface area contributed by atoms with Crippen LogP contribution in [0.1, 0.15) is 10.4 Å². The van der Waals surface area contributed by atoms with Crippen LogP contribution in [0.25, 0.3) is 0 Å². The molecule has 1 aromatic rings. The number of halogens is 3. The smallest absolute Gasteiger partial charge is 0.284 e. The Bertz CT molecular complexity index is 518. The van der Waals surface area contributed by atoms with E-state index in [0.29, 0.717) is 0 Å². The fourth-order valence-corrected chi connectivity index (χ4v) is 1.54. The van der Waals surface area contributed by atoms with Crippen LogP contribution in [-0.4, -0.2) is 42.2 Å². The van der Waals surface area contributed by atoms with Crippen molar-refractivity contribution in [2.45, 2.75) is 12.7 Å². The van der Waals surface area contributed by atoms with Gasteiger partial charge in [-0.15, -0.1) is 0 Å². The molecule has 0 saturated carbocycles. The van der Waals surface area contributed by atoms with E-state index >= 15 is 0 Å². The Kier molecular flexibility index (Phi) is 3.60. The van der Waals surface area contributed by atoms with Gasteiger partial charge in [-0.05, 0) is 0 Å². The molecule has 0 amide bonds. The summed E-state index contributed by atoms with van der Waals surface area (Å²) in [7, 11) is -3.23. The molecule has 9 heteroatoms. The van der Waals surface area contributed by atoms with Crippen molar-refractivity contribution in [1.82, 2.24) is 9.78 Å². The average Bonchev–Trinajstić information content (AvgIpc) is 2.59. The molecule has 0 fully saturated rings. The first-order valence-electron chi connectivity index (χ1n) is 4.41. The molecular weight excluding hydrogens is 261 g/mol. The third-order valence-corrected chi connectivity index (χ3v) is 2.77. The second-order valence-electron chi connectivity index (χ2n) is 3.45. The van der Waals surface area contributed by atoms with E-state index in [1.54, 1.807) is 0 Å². The molecule has 1 rings (SSSR count). The molecule has 0 aliphatic rings. The molecule has 1 heterocycles. The van der Waals surface area contributed by atoms with E-state index in [2.05, 4.69) is 5.10 Å². The summed E-state index contributed by atoms with van der Waals surface area (Å²) in [5.74, 6) is -2.25. The van der Waals surface area contributed by atoms with Crippen molar-refractivity contribution < 1.29 is 26.4 Å². The van der Waals surface area contributed by atoms with Gasteiger partial charge in [0.2, 0.25) is 0 Å². The molecule has 17 heavy (non-hydrogen) atoms. The van der Waals surface area contributed by atoms with Crippen LogP contribution in [0, 0.1) is 0 Å². The molecule has 0 bridgehead atoms. The van der Waals surface area contributed by atoms with Crippen molar-refractivity contribution in [1.29, 1.82) is 0 Å². The van der Waals surface area contributed by atoms with Crippen molar-refractivity contribution in [3.05, 3.63) is 18.0 Å². The van der Waals surface area contributed by atoms with E-state index in [1.807, 2.05) is 0 Å². The van der Waals surface area contributed by atoms with Gasteiger partial charge in [0.1, 0.15) is 9.84 Å². The molecule has 96 valence electrons. The molecule has 0 N–H and O–H groups in total. The highest BCUT2D eigenvalue weighted by Crippen LogP contribution is 2.20. The van der Waals surface area contributed by atoms with Gasteiger partial charge in [0.05, 0.1) is 24.1 Å². The van der Waals surface area contributed by atoms with E-state index in [1.165, 1.54) is 0 Å². The first kappa shape index (κ1) is 13.7. The maximum absolute atomic E-state index is 12.0. The van der Waals surface area contributed by atoms with E-state index in [4.69, 9.17) is 0 Å². The van der Waals surface area contributed by atoms with Crippen LogP contribution in [-0.2, 0) is 16.4 Å². The monoisotopic (exact) mass is 270 g/mol. The predicted molar refractivity (Wildman–Crippen MR) is 52.3 cm³/mol. The molecule has 5 nitrogen and oxygen atoms in total. The minimum Gasteiger partial charge on any atom is -0.284 e. The highest BCUT2D eigenvalue weighted by Gasteiger charge is 2.39. The zero-order chi connectivity index (χ0) is 13.3. The number of rotatable bonds is 4. The van der Waals surface area contributed by atoms with E-state index < -0.39 is 27.4 Å². The summed E-state index contributed by atoms with van der Waals surface area (Å²) in [6.45, 7) is -0.0933. The Labute approximate surface area is 95.1 Å². The zero-order valence-corrected chi connectivity index (χ0v) is 9.55. The summed E-state index contributed by atoms with van der Waals surface area (Å²) in [5, 5.41) is 3.49. The first-order chi connectivity index (χ1) is 7.59. The van der Waals surface area contributed by atoms with Crippen LogP contribution in [0.3, 0.4) is 0 Å². The highest BCUT2D eigenvalue weighted by atomic mass is 32.2. The maximum Gasteiger partial charge on any atom is 0.454 e. The van der Waals surface area contributed by atoms with Gasteiger partial charge in [-0.3, -0.25) is 9.48 Å². The van der Waals surface area contributed by atoms with Crippen molar-refractivity contribution in [3.63, 3.8) is 0 Å². The SMILES string of the molecule is CS(=O)(=O)CCn1cc(C(=O)C(F)(F)F)cn1. The minimum atomic E-state index is -4.95. The van der Waals surface area contributed by atoms with Gasteiger partial charge in [0.25, 0.3) is 5.78 Å². The number of nitrogens with zero attached hydrogens (tertiary/aromatic N) is 2. The lowest BCUT2D eigenvalue weighted by molar-refractivity contribution is -0.0885. The third-order valence-electron chi connectivity index (χ3n) is 1.84. The van der Waals surface area contributed by atoms with Crippen LogP contribution in [0.2, 0.25) is 0 Å². The lowest BCUT2D eigenvalue weighted by Crippen LogP contribution is -2.22. The van der Waals surface area contributed by atoms with Gasteiger partial charge in [0.15, 0.2) is 0 Å². The standard InChI is InChI=1S/C8H9F3N2O3S/c1-17(15,16)3-2-13-5-6(4-12-13)7(14)8(9,10)11/h4-5H,2-3H2,1H3. The molecule has 0 spiro atoms.